The van der Waals surface area contributed by atoms with Gasteiger partial charge in [-0.3, -0.25) is 0 Å². The molecule has 0 saturated carbocycles. The van der Waals surface area contributed by atoms with E-state index in [1.165, 1.54) is 27.8 Å². The van der Waals surface area contributed by atoms with E-state index in [9.17, 15) is 0 Å². The summed E-state index contributed by atoms with van der Waals surface area (Å²) in [5.74, 6) is 0. The lowest BCUT2D eigenvalue weighted by molar-refractivity contribution is 1.25. The van der Waals surface area contributed by atoms with E-state index in [1.807, 2.05) is 6.07 Å². The second-order valence-electron chi connectivity index (χ2n) is 4.25. The fourth-order valence-corrected chi connectivity index (χ4v) is 2.36. The molecule has 0 amide bonds. The van der Waals surface area contributed by atoms with Crippen LogP contribution in [0.2, 0.25) is 0 Å². The van der Waals surface area contributed by atoms with Gasteiger partial charge in [-0.25, -0.2) is 0 Å². The monoisotopic (exact) mass is 190 g/mol. The highest BCUT2D eigenvalue weighted by Gasteiger charge is 2.17. The number of aryl methyl sites for hydroxylation is 1. The van der Waals surface area contributed by atoms with Crippen LogP contribution in [0.4, 0.5) is 0 Å². The summed E-state index contributed by atoms with van der Waals surface area (Å²) in [5, 5.41) is 0. The van der Waals surface area contributed by atoms with Crippen LogP contribution < -0.4 is 5.46 Å². The maximum absolute atomic E-state index is 5.80. The predicted octanol–water partition coefficient (Wildman–Crippen LogP) is 2.36. The highest BCUT2D eigenvalue weighted by Crippen LogP contribution is 2.36. The summed E-state index contributed by atoms with van der Waals surface area (Å²) in [5.41, 5.74) is 7.69. The molecule has 0 atom stereocenters. The molecule has 0 aliphatic heterocycles. The zero-order valence-corrected chi connectivity index (χ0v) is 8.75. The van der Waals surface area contributed by atoms with Crippen molar-refractivity contribution in [3.63, 3.8) is 0 Å². The number of hydrogen-bond donors (Lipinski definition) is 0. The summed E-state index contributed by atoms with van der Waals surface area (Å²) in [4.78, 5) is 0. The highest BCUT2D eigenvalue weighted by atomic mass is 14.2. The van der Waals surface area contributed by atoms with Crippen molar-refractivity contribution in [3.05, 3.63) is 53.1 Å². The predicted molar refractivity (Wildman–Crippen MR) is 64.8 cm³/mol. The van der Waals surface area contributed by atoms with E-state index in [4.69, 9.17) is 7.85 Å². The van der Waals surface area contributed by atoms with Crippen molar-refractivity contribution in [1.82, 2.24) is 0 Å². The lowest BCUT2D eigenvalue weighted by Crippen LogP contribution is -2.01. The zero-order valence-electron chi connectivity index (χ0n) is 8.75. The molecule has 0 nitrogen and oxygen atoms in total. The third-order valence-electron chi connectivity index (χ3n) is 3.06. The quantitative estimate of drug-likeness (QED) is 0.477. The molecule has 1 aliphatic carbocycles. The smallest absolute Gasteiger partial charge is 0.0963 e. The third-order valence-corrected chi connectivity index (χ3v) is 3.06. The SMILES string of the molecule is [B]c1ccc2c(c1)Cc1cc(C)ccc1-2. The van der Waals surface area contributed by atoms with Crippen LogP contribution in [0, 0.1) is 6.92 Å². The summed E-state index contributed by atoms with van der Waals surface area (Å²) in [7, 11) is 5.80. The molecule has 0 heterocycles. The van der Waals surface area contributed by atoms with Crippen LogP contribution in [0.5, 0.6) is 0 Å². The normalized spacial score (nSPS) is 12.3. The van der Waals surface area contributed by atoms with Crippen molar-refractivity contribution >= 4 is 13.3 Å². The summed E-state index contributed by atoms with van der Waals surface area (Å²) in [6, 6.07) is 12.9. The summed E-state index contributed by atoms with van der Waals surface area (Å²) in [6.45, 7) is 2.14. The van der Waals surface area contributed by atoms with Crippen molar-refractivity contribution < 1.29 is 0 Å². The first-order chi connectivity index (χ1) is 7.24. The van der Waals surface area contributed by atoms with E-state index in [0.717, 1.165) is 11.9 Å². The molecule has 2 aromatic carbocycles. The van der Waals surface area contributed by atoms with Crippen molar-refractivity contribution in [2.24, 2.45) is 0 Å². The van der Waals surface area contributed by atoms with Gasteiger partial charge in [-0.2, -0.15) is 0 Å². The number of benzene rings is 2. The first-order valence-corrected chi connectivity index (χ1v) is 5.22. The molecule has 0 bridgehead atoms. The molecular weight excluding hydrogens is 179 g/mol. The molecule has 70 valence electrons. The Morgan fingerprint density at radius 2 is 1.60 bits per heavy atom. The molecule has 2 aromatic rings. The summed E-state index contributed by atoms with van der Waals surface area (Å²) >= 11 is 0. The Hall–Kier alpha value is -1.50. The second kappa shape index (κ2) is 3.00. The van der Waals surface area contributed by atoms with Crippen molar-refractivity contribution in [2.45, 2.75) is 13.3 Å². The minimum atomic E-state index is 0.860. The van der Waals surface area contributed by atoms with Crippen LogP contribution in [0.25, 0.3) is 11.1 Å². The van der Waals surface area contributed by atoms with Crippen LogP contribution in [0.15, 0.2) is 36.4 Å². The van der Waals surface area contributed by atoms with Gasteiger partial charge in [0.05, 0.1) is 0 Å². The van der Waals surface area contributed by atoms with Crippen molar-refractivity contribution in [3.8, 4) is 11.1 Å². The van der Waals surface area contributed by atoms with Crippen LogP contribution in [-0.2, 0) is 6.42 Å². The standard InChI is InChI=1S/C14H11B/c1-9-2-4-13-10(6-9)7-11-8-12(15)3-5-14(11)13/h2-6,8H,7H2,1H3. The van der Waals surface area contributed by atoms with E-state index in [1.54, 1.807) is 0 Å². The first-order valence-electron chi connectivity index (χ1n) is 5.22. The van der Waals surface area contributed by atoms with Gasteiger partial charge in [-0.05, 0) is 35.6 Å². The molecule has 15 heavy (non-hydrogen) atoms. The number of rotatable bonds is 0. The molecule has 0 N–H and O–H groups in total. The summed E-state index contributed by atoms with van der Waals surface area (Å²) < 4.78 is 0. The Morgan fingerprint density at radius 1 is 0.933 bits per heavy atom. The Kier molecular flexibility index (Phi) is 1.75. The average Bonchev–Trinajstić information content (AvgIpc) is 2.53. The fraction of sp³-hybridized carbons (Fsp3) is 0.143. The zero-order chi connectivity index (χ0) is 10.4. The number of hydrogen-bond acceptors (Lipinski definition) is 0. The minimum absolute atomic E-state index is 0.860. The minimum Gasteiger partial charge on any atom is -0.0963 e. The first kappa shape index (κ1) is 8.78. The largest absolute Gasteiger partial charge is 0.113 e. The van der Waals surface area contributed by atoms with E-state index < -0.39 is 0 Å². The summed E-state index contributed by atoms with van der Waals surface area (Å²) in [6.07, 6.45) is 1.03. The van der Waals surface area contributed by atoms with E-state index in [0.29, 0.717) is 0 Å². The van der Waals surface area contributed by atoms with Gasteiger partial charge in [-0.15, -0.1) is 0 Å². The van der Waals surface area contributed by atoms with Crippen LogP contribution in [0.3, 0.4) is 0 Å². The molecular formula is C14H11B. The van der Waals surface area contributed by atoms with Crippen LogP contribution >= 0.6 is 0 Å². The molecule has 0 saturated heterocycles. The maximum Gasteiger partial charge on any atom is 0.113 e. The molecule has 0 aromatic heterocycles. The van der Waals surface area contributed by atoms with E-state index in [-0.39, 0.29) is 0 Å². The second-order valence-corrected chi connectivity index (χ2v) is 4.25. The van der Waals surface area contributed by atoms with Crippen molar-refractivity contribution in [2.75, 3.05) is 0 Å². The Morgan fingerprint density at radius 3 is 2.40 bits per heavy atom. The van der Waals surface area contributed by atoms with Gasteiger partial charge in [0.1, 0.15) is 7.85 Å². The van der Waals surface area contributed by atoms with Gasteiger partial charge >= 0.3 is 0 Å². The van der Waals surface area contributed by atoms with Gasteiger partial charge < -0.3 is 0 Å². The lowest BCUT2D eigenvalue weighted by Gasteiger charge is -2.02. The Labute approximate surface area is 91.4 Å². The van der Waals surface area contributed by atoms with Gasteiger partial charge in [0, 0.05) is 0 Å². The molecule has 0 spiro atoms. The van der Waals surface area contributed by atoms with E-state index in [2.05, 4.69) is 37.3 Å². The Balaban J connectivity index is 2.24. The topological polar surface area (TPSA) is 0 Å². The molecule has 1 heteroatoms. The van der Waals surface area contributed by atoms with Gasteiger partial charge in [-0.1, -0.05) is 47.4 Å². The molecule has 0 fully saturated rings. The van der Waals surface area contributed by atoms with Crippen LogP contribution in [-0.4, -0.2) is 7.85 Å². The number of fused-ring (bicyclic) bond motifs is 3. The van der Waals surface area contributed by atoms with Gasteiger partial charge in [0.2, 0.25) is 0 Å². The van der Waals surface area contributed by atoms with Crippen molar-refractivity contribution in [1.29, 1.82) is 0 Å². The third kappa shape index (κ3) is 1.31. The molecule has 3 rings (SSSR count). The van der Waals surface area contributed by atoms with Gasteiger partial charge in [0.15, 0.2) is 0 Å². The highest BCUT2D eigenvalue weighted by molar-refractivity contribution is 6.32. The van der Waals surface area contributed by atoms with Crippen LogP contribution in [0.1, 0.15) is 16.7 Å². The average molecular weight is 190 g/mol. The molecule has 0 unspecified atom stereocenters. The Bertz CT molecular complexity index is 492. The maximum atomic E-state index is 5.80. The lowest BCUT2D eigenvalue weighted by atomic mass is 9.92. The van der Waals surface area contributed by atoms with Gasteiger partial charge in [0.25, 0.3) is 0 Å². The fourth-order valence-electron chi connectivity index (χ4n) is 2.36. The molecule has 2 radical (unpaired) electrons. The molecule has 1 aliphatic rings. The van der Waals surface area contributed by atoms with E-state index >= 15 is 0 Å².